The molecule has 1 aromatic carbocycles. The third-order valence-electron chi connectivity index (χ3n) is 2.84. The Balaban J connectivity index is 2.93. The molecule has 0 atom stereocenters. The molecular weight excluding hydrogens is 373 g/mol. The Morgan fingerprint density at radius 1 is 1.19 bits per heavy atom. The van der Waals surface area contributed by atoms with Gasteiger partial charge in [-0.15, -0.1) is 0 Å². The fourth-order valence-electron chi connectivity index (χ4n) is 1.91. The largest absolute Gasteiger partial charge is 0.501 e. The highest BCUT2D eigenvalue weighted by Crippen LogP contribution is 2.36. The normalized spacial score (nSPS) is 13.1. The molecule has 0 aliphatic carbocycles. The minimum absolute atomic E-state index is 0.0914. The first-order valence-electron chi connectivity index (χ1n) is 5.81. The molecule has 0 N–H and O–H groups in total. The molecule has 21 heavy (non-hydrogen) atoms. The summed E-state index contributed by atoms with van der Waals surface area (Å²) in [7, 11) is -5.49. The van der Waals surface area contributed by atoms with Gasteiger partial charge in [0.1, 0.15) is 11.2 Å². The predicted molar refractivity (Wildman–Crippen MR) is 74.6 cm³/mol. The molecule has 0 aliphatic heterocycles. The topological polar surface area (TPSA) is 59.9 Å². The van der Waals surface area contributed by atoms with E-state index >= 15 is 0 Å². The lowest BCUT2D eigenvalue weighted by atomic mass is 10.1. The number of aromatic nitrogens is 2. The van der Waals surface area contributed by atoms with E-state index in [4.69, 9.17) is 0 Å². The smallest absolute Gasteiger partial charge is 0.240 e. The van der Waals surface area contributed by atoms with Crippen LogP contribution in [0.15, 0.2) is 27.8 Å². The van der Waals surface area contributed by atoms with Crippen molar-refractivity contribution in [1.82, 2.24) is 9.97 Å². The SMILES string of the molecule is CC(C)c1ncnc2c(S(=O)(=O)C(F)(F)F)cc(Br)cc12. The second kappa shape index (κ2) is 5.20. The van der Waals surface area contributed by atoms with E-state index in [1.165, 1.54) is 6.07 Å². The molecule has 0 aliphatic rings. The van der Waals surface area contributed by atoms with Crippen molar-refractivity contribution in [2.75, 3.05) is 0 Å². The summed E-state index contributed by atoms with van der Waals surface area (Å²) in [5, 5.41) is 0.282. The predicted octanol–water partition coefficient (Wildman–Crippen LogP) is 3.81. The number of hydrogen-bond donors (Lipinski definition) is 0. The molecule has 1 heterocycles. The monoisotopic (exact) mass is 382 g/mol. The van der Waals surface area contributed by atoms with Crippen molar-refractivity contribution in [3.05, 3.63) is 28.6 Å². The van der Waals surface area contributed by atoms with Crippen LogP contribution in [0.1, 0.15) is 25.5 Å². The molecule has 0 saturated heterocycles. The maximum Gasteiger partial charge on any atom is 0.501 e. The van der Waals surface area contributed by atoms with Gasteiger partial charge in [-0.25, -0.2) is 18.4 Å². The number of hydrogen-bond acceptors (Lipinski definition) is 4. The molecule has 0 amide bonds. The number of benzene rings is 1. The van der Waals surface area contributed by atoms with Gasteiger partial charge >= 0.3 is 5.51 Å². The van der Waals surface area contributed by atoms with Crippen LogP contribution in [0.25, 0.3) is 10.9 Å². The van der Waals surface area contributed by atoms with Gasteiger partial charge in [0.15, 0.2) is 0 Å². The molecule has 2 rings (SSSR count). The average Bonchev–Trinajstić information content (AvgIpc) is 2.35. The molecule has 0 unspecified atom stereocenters. The zero-order valence-corrected chi connectivity index (χ0v) is 13.3. The van der Waals surface area contributed by atoms with Gasteiger partial charge in [-0.05, 0) is 18.1 Å². The van der Waals surface area contributed by atoms with Crippen molar-refractivity contribution < 1.29 is 21.6 Å². The highest BCUT2D eigenvalue weighted by Gasteiger charge is 2.48. The number of alkyl halides is 3. The maximum atomic E-state index is 12.8. The zero-order valence-electron chi connectivity index (χ0n) is 10.9. The van der Waals surface area contributed by atoms with Gasteiger partial charge < -0.3 is 0 Å². The summed E-state index contributed by atoms with van der Waals surface area (Å²) >= 11 is 3.04. The van der Waals surface area contributed by atoms with Gasteiger partial charge in [0.25, 0.3) is 9.84 Å². The van der Waals surface area contributed by atoms with Crippen LogP contribution in [0.4, 0.5) is 13.2 Å². The molecule has 0 saturated carbocycles. The zero-order chi connectivity index (χ0) is 16.0. The third kappa shape index (κ3) is 2.76. The van der Waals surface area contributed by atoms with E-state index in [0.717, 1.165) is 12.4 Å². The molecule has 114 valence electrons. The third-order valence-corrected chi connectivity index (χ3v) is 4.80. The quantitative estimate of drug-likeness (QED) is 0.792. The van der Waals surface area contributed by atoms with E-state index < -0.39 is 20.2 Å². The lowest BCUT2D eigenvalue weighted by Gasteiger charge is -2.13. The lowest BCUT2D eigenvalue weighted by Crippen LogP contribution is -2.23. The van der Waals surface area contributed by atoms with Crippen molar-refractivity contribution in [2.45, 2.75) is 30.2 Å². The maximum absolute atomic E-state index is 12.8. The van der Waals surface area contributed by atoms with Crippen LogP contribution < -0.4 is 0 Å². The van der Waals surface area contributed by atoms with E-state index in [-0.39, 0.29) is 21.3 Å². The molecule has 1 aromatic heterocycles. The van der Waals surface area contributed by atoms with Crippen LogP contribution in [0, 0.1) is 0 Å². The van der Waals surface area contributed by atoms with Gasteiger partial charge in [0.05, 0.1) is 11.2 Å². The molecule has 0 fully saturated rings. The van der Waals surface area contributed by atoms with Crippen molar-refractivity contribution in [2.24, 2.45) is 0 Å². The van der Waals surface area contributed by atoms with Gasteiger partial charge in [0.2, 0.25) is 0 Å². The molecule has 0 bridgehead atoms. The second-order valence-electron chi connectivity index (χ2n) is 4.66. The Hall–Kier alpha value is -1.22. The molecule has 0 spiro atoms. The first kappa shape index (κ1) is 16.2. The Morgan fingerprint density at radius 2 is 1.81 bits per heavy atom. The lowest BCUT2D eigenvalue weighted by molar-refractivity contribution is -0.0435. The van der Waals surface area contributed by atoms with Gasteiger partial charge in [-0.2, -0.15) is 13.2 Å². The first-order chi connectivity index (χ1) is 9.55. The number of sulfone groups is 1. The summed E-state index contributed by atoms with van der Waals surface area (Å²) in [5.41, 5.74) is -5.13. The highest BCUT2D eigenvalue weighted by molar-refractivity contribution is 9.10. The Morgan fingerprint density at radius 3 is 2.33 bits per heavy atom. The number of rotatable bonds is 2. The van der Waals surface area contributed by atoms with Crippen LogP contribution >= 0.6 is 15.9 Å². The summed E-state index contributed by atoms with van der Waals surface area (Å²) < 4.78 is 62.0. The van der Waals surface area contributed by atoms with Crippen molar-refractivity contribution >= 4 is 36.7 Å². The second-order valence-corrected chi connectivity index (χ2v) is 7.49. The average molecular weight is 383 g/mol. The minimum atomic E-state index is -5.49. The summed E-state index contributed by atoms with van der Waals surface area (Å²) in [4.78, 5) is 6.89. The Labute approximate surface area is 127 Å². The van der Waals surface area contributed by atoms with Crippen LogP contribution in [-0.2, 0) is 9.84 Å². The Bertz CT molecular complexity index is 804. The molecule has 9 heteroatoms. The van der Waals surface area contributed by atoms with Crippen molar-refractivity contribution in [3.63, 3.8) is 0 Å². The summed E-state index contributed by atoms with van der Waals surface area (Å²) in [6.45, 7) is 3.61. The Kier molecular flexibility index (Phi) is 4.00. The first-order valence-corrected chi connectivity index (χ1v) is 8.09. The van der Waals surface area contributed by atoms with E-state index in [0.29, 0.717) is 5.69 Å². The van der Waals surface area contributed by atoms with E-state index in [1.807, 2.05) is 0 Å². The van der Waals surface area contributed by atoms with Gasteiger partial charge in [-0.3, -0.25) is 0 Å². The molecule has 2 aromatic rings. The minimum Gasteiger partial charge on any atom is -0.240 e. The molecule has 0 radical (unpaired) electrons. The van der Waals surface area contributed by atoms with E-state index in [1.54, 1.807) is 13.8 Å². The van der Waals surface area contributed by atoms with Crippen LogP contribution in [0.3, 0.4) is 0 Å². The number of halogens is 4. The van der Waals surface area contributed by atoms with Gasteiger partial charge in [-0.1, -0.05) is 29.8 Å². The van der Waals surface area contributed by atoms with Gasteiger partial charge in [0, 0.05) is 9.86 Å². The van der Waals surface area contributed by atoms with Crippen molar-refractivity contribution in [1.29, 1.82) is 0 Å². The summed E-state index contributed by atoms with van der Waals surface area (Å²) in [6.07, 6.45) is 1.07. The number of nitrogens with zero attached hydrogens (tertiary/aromatic N) is 2. The molecule has 4 nitrogen and oxygen atoms in total. The fraction of sp³-hybridized carbons (Fsp3) is 0.333. The van der Waals surface area contributed by atoms with Crippen molar-refractivity contribution in [3.8, 4) is 0 Å². The summed E-state index contributed by atoms with van der Waals surface area (Å²) in [6, 6.07) is 2.42. The van der Waals surface area contributed by atoms with Crippen LogP contribution in [-0.4, -0.2) is 23.9 Å². The summed E-state index contributed by atoms with van der Waals surface area (Å²) in [5.74, 6) is -0.0914. The van der Waals surface area contributed by atoms with E-state index in [2.05, 4.69) is 25.9 Å². The fourth-order valence-corrected chi connectivity index (χ4v) is 3.47. The van der Waals surface area contributed by atoms with E-state index in [9.17, 15) is 21.6 Å². The number of fused-ring (bicyclic) bond motifs is 1. The molecular formula is C12H10BrF3N2O2S. The van der Waals surface area contributed by atoms with Crippen LogP contribution in [0.5, 0.6) is 0 Å². The standard InChI is InChI=1S/C12H10BrF3N2O2S/c1-6(2)10-8-3-7(13)4-9(11(8)18-5-17-10)21(19,20)12(14,15)16/h3-6H,1-2H3. The highest BCUT2D eigenvalue weighted by atomic mass is 79.9. The van der Waals surface area contributed by atoms with Crippen LogP contribution in [0.2, 0.25) is 0 Å².